The highest BCUT2D eigenvalue weighted by Crippen LogP contribution is 2.25. The van der Waals surface area contributed by atoms with Gasteiger partial charge in [-0.05, 0) is 19.8 Å². The van der Waals surface area contributed by atoms with E-state index in [9.17, 15) is 8.42 Å². The van der Waals surface area contributed by atoms with Crippen LogP contribution in [-0.4, -0.2) is 40.7 Å². The van der Waals surface area contributed by atoms with Crippen LogP contribution in [0.2, 0.25) is 0 Å². The lowest BCUT2D eigenvalue weighted by atomic mass is 10.2. The topological polar surface area (TPSA) is 105 Å². The smallest absolute Gasteiger partial charge is 0.262 e. The van der Waals surface area contributed by atoms with E-state index in [4.69, 9.17) is 11.1 Å². The zero-order chi connectivity index (χ0) is 13.5. The van der Waals surface area contributed by atoms with E-state index in [1.165, 1.54) is 10.5 Å². The van der Waals surface area contributed by atoms with Gasteiger partial charge in [-0.3, -0.25) is 5.41 Å². The van der Waals surface area contributed by atoms with E-state index in [0.717, 1.165) is 6.42 Å². The van der Waals surface area contributed by atoms with E-state index in [1.807, 2.05) is 0 Å². The van der Waals surface area contributed by atoms with Gasteiger partial charge in [0, 0.05) is 19.8 Å². The minimum atomic E-state index is -3.65. The second-order valence-electron chi connectivity index (χ2n) is 4.47. The first-order valence-electron chi connectivity index (χ1n) is 5.69. The summed E-state index contributed by atoms with van der Waals surface area (Å²) in [4.78, 5) is 4.04. The maximum absolute atomic E-state index is 12.4. The first-order valence-corrected chi connectivity index (χ1v) is 7.14. The molecular formula is C10H17N5O2S. The van der Waals surface area contributed by atoms with Crippen molar-refractivity contribution >= 4 is 15.9 Å². The summed E-state index contributed by atoms with van der Waals surface area (Å²) in [5.74, 6) is 0.524. The summed E-state index contributed by atoms with van der Waals surface area (Å²) in [6.45, 7) is 2.13. The minimum absolute atomic E-state index is 0.0238. The molecule has 1 atom stereocenters. The molecular weight excluding hydrogens is 254 g/mol. The van der Waals surface area contributed by atoms with Crippen LogP contribution in [0, 0.1) is 12.3 Å². The normalized spacial score (nSPS) is 21.3. The van der Waals surface area contributed by atoms with Gasteiger partial charge in [-0.2, -0.15) is 4.31 Å². The summed E-state index contributed by atoms with van der Waals surface area (Å²) in [6, 6.07) is -0.530. The molecule has 1 aromatic heterocycles. The van der Waals surface area contributed by atoms with Crippen molar-refractivity contribution in [1.82, 2.24) is 13.9 Å². The number of aryl methyl sites for hydroxylation is 2. The van der Waals surface area contributed by atoms with Gasteiger partial charge in [-0.1, -0.05) is 0 Å². The van der Waals surface area contributed by atoms with Crippen molar-refractivity contribution in [2.24, 2.45) is 12.8 Å². The monoisotopic (exact) mass is 271 g/mol. The molecule has 1 saturated heterocycles. The Bertz CT molecular complexity index is 558. The molecule has 1 aliphatic rings. The van der Waals surface area contributed by atoms with Gasteiger partial charge in [0.05, 0.1) is 6.04 Å². The summed E-state index contributed by atoms with van der Waals surface area (Å²) in [6.07, 6.45) is 2.80. The van der Waals surface area contributed by atoms with E-state index >= 15 is 0 Å². The summed E-state index contributed by atoms with van der Waals surface area (Å²) >= 11 is 0. The quantitative estimate of drug-likeness (QED) is 0.587. The summed E-state index contributed by atoms with van der Waals surface area (Å²) in [7, 11) is -1.91. The highest BCUT2D eigenvalue weighted by molar-refractivity contribution is 7.89. The van der Waals surface area contributed by atoms with E-state index < -0.39 is 16.1 Å². The SMILES string of the molecule is Cc1nc(S(=O)(=O)N2CCCC2C(=N)N)cn1C. The Hall–Kier alpha value is -1.41. The largest absolute Gasteiger partial charge is 0.386 e. The molecule has 0 bridgehead atoms. The van der Waals surface area contributed by atoms with Crippen LogP contribution in [0.1, 0.15) is 18.7 Å². The lowest BCUT2D eigenvalue weighted by Gasteiger charge is -2.21. The highest BCUT2D eigenvalue weighted by atomic mass is 32.2. The molecule has 0 amide bonds. The molecule has 18 heavy (non-hydrogen) atoms. The van der Waals surface area contributed by atoms with Crippen LogP contribution in [0.15, 0.2) is 11.2 Å². The third kappa shape index (κ3) is 2.01. The van der Waals surface area contributed by atoms with Crippen LogP contribution in [0.5, 0.6) is 0 Å². The van der Waals surface area contributed by atoms with Crippen LogP contribution in [0.4, 0.5) is 0 Å². The van der Waals surface area contributed by atoms with Crippen LogP contribution >= 0.6 is 0 Å². The molecule has 100 valence electrons. The molecule has 0 spiro atoms. The molecule has 1 fully saturated rings. The lowest BCUT2D eigenvalue weighted by Crippen LogP contribution is -2.43. The fourth-order valence-corrected chi connectivity index (χ4v) is 3.81. The molecule has 1 aliphatic heterocycles. The van der Waals surface area contributed by atoms with Crippen LogP contribution in [0.3, 0.4) is 0 Å². The Balaban J connectivity index is 2.39. The zero-order valence-corrected chi connectivity index (χ0v) is 11.2. The maximum atomic E-state index is 12.4. The molecule has 0 radical (unpaired) electrons. The zero-order valence-electron chi connectivity index (χ0n) is 10.4. The van der Waals surface area contributed by atoms with E-state index in [0.29, 0.717) is 18.8 Å². The third-order valence-electron chi connectivity index (χ3n) is 3.22. The molecule has 2 heterocycles. The summed E-state index contributed by atoms with van der Waals surface area (Å²) in [5.41, 5.74) is 5.45. The Labute approximate surface area is 106 Å². The van der Waals surface area contributed by atoms with Gasteiger partial charge in [0.1, 0.15) is 11.7 Å². The predicted octanol–water partition coefficient (Wildman–Crippen LogP) is -0.182. The van der Waals surface area contributed by atoms with Crippen molar-refractivity contribution < 1.29 is 8.42 Å². The molecule has 0 aromatic carbocycles. The Kier molecular flexibility index (Phi) is 3.16. The number of imidazole rings is 1. The number of hydrogen-bond acceptors (Lipinski definition) is 4. The van der Waals surface area contributed by atoms with Gasteiger partial charge in [0.15, 0.2) is 5.03 Å². The molecule has 0 aliphatic carbocycles. The molecule has 1 unspecified atom stereocenters. The molecule has 7 nitrogen and oxygen atoms in total. The first-order chi connectivity index (χ1) is 8.34. The summed E-state index contributed by atoms with van der Waals surface area (Å²) in [5, 5.41) is 7.48. The lowest BCUT2D eigenvalue weighted by molar-refractivity contribution is 0.441. The molecule has 2 rings (SSSR count). The van der Waals surface area contributed by atoms with Crippen molar-refractivity contribution in [2.45, 2.75) is 30.8 Å². The molecule has 8 heteroatoms. The van der Waals surface area contributed by atoms with Crippen molar-refractivity contribution in [3.8, 4) is 0 Å². The van der Waals surface area contributed by atoms with Crippen LogP contribution in [-0.2, 0) is 17.1 Å². The maximum Gasteiger partial charge on any atom is 0.262 e. The van der Waals surface area contributed by atoms with Crippen molar-refractivity contribution in [3.63, 3.8) is 0 Å². The highest BCUT2D eigenvalue weighted by Gasteiger charge is 2.38. The molecule has 0 saturated carbocycles. The molecule has 1 aromatic rings. The van der Waals surface area contributed by atoms with Crippen molar-refractivity contribution in [1.29, 1.82) is 5.41 Å². The van der Waals surface area contributed by atoms with Gasteiger partial charge in [0.2, 0.25) is 0 Å². The Morgan fingerprint density at radius 3 is 2.78 bits per heavy atom. The Morgan fingerprint density at radius 2 is 2.28 bits per heavy atom. The Morgan fingerprint density at radius 1 is 1.61 bits per heavy atom. The number of nitrogens with zero attached hydrogens (tertiary/aromatic N) is 3. The van der Waals surface area contributed by atoms with E-state index in [1.54, 1.807) is 18.5 Å². The second kappa shape index (κ2) is 4.36. The first kappa shape index (κ1) is 13.0. The van der Waals surface area contributed by atoms with Crippen LogP contribution in [0.25, 0.3) is 0 Å². The van der Waals surface area contributed by atoms with Crippen molar-refractivity contribution in [3.05, 3.63) is 12.0 Å². The van der Waals surface area contributed by atoms with Crippen molar-refractivity contribution in [2.75, 3.05) is 6.54 Å². The number of hydrogen-bond donors (Lipinski definition) is 2. The number of aromatic nitrogens is 2. The minimum Gasteiger partial charge on any atom is -0.386 e. The fraction of sp³-hybridized carbons (Fsp3) is 0.600. The second-order valence-corrected chi connectivity index (χ2v) is 6.30. The molecule has 3 N–H and O–H groups in total. The van der Waals surface area contributed by atoms with Gasteiger partial charge < -0.3 is 10.3 Å². The number of nitrogens with one attached hydrogen (secondary N) is 1. The third-order valence-corrected chi connectivity index (χ3v) is 5.00. The number of rotatable bonds is 3. The standard InChI is InChI=1S/C10H17N5O2S/c1-7-13-9(6-14(7)2)18(16,17)15-5-3-4-8(15)10(11)12/h6,8H,3-5H2,1-2H3,(H3,11,12). The van der Waals surface area contributed by atoms with Gasteiger partial charge in [-0.15, -0.1) is 0 Å². The van der Waals surface area contributed by atoms with Gasteiger partial charge in [0.25, 0.3) is 10.0 Å². The average molecular weight is 271 g/mol. The number of amidine groups is 1. The fourth-order valence-electron chi connectivity index (χ4n) is 2.11. The van der Waals surface area contributed by atoms with Gasteiger partial charge >= 0.3 is 0 Å². The van der Waals surface area contributed by atoms with E-state index in [2.05, 4.69) is 4.98 Å². The number of nitrogens with two attached hydrogens (primary N) is 1. The summed E-state index contributed by atoms with van der Waals surface area (Å²) < 4.78 is 27.8. The number of sulfonamides is 1. The average Bonchev–Trinajstić information content (AvgIpc) is 2.87. The van der Waals surface area contributed by atoms with E-state index in [-0.39, 0.29) is 10.9 Å². The van der Waals surface area contributed by atoms with Gasteiger partial charge in [-0.25, -0.2) is 13.4 Å². The van der Waals surface area contributed by atoms with Crippen LogP contribution < -0.4 is 5.73 Å². The predicted molar refractivity (Wildman–Crippen MR) is 66.8 cm³/mol.